The molecule has 0 fully saturated rings. The molecule has 1 atom stereocenters. The summed E-state index contributed by atoms with van der Waals surface area (Å²) < 4.78 is 10.5. The molecule has 0 aromatic heterocycles. The zero-order chi connectivity index (χ0) is 15.0. The molecule has 0 saturated heterocycles. The van der Waals surface area contributed by atoms with Gasteiger partial charge in [0.1, 0.15) is 0 Å². The molecule has 0 amide bonds. The molecule has 0 aliphatic carbocycles. The van der Waals surface area contributed by atoms with Crippen LogP contribution in [0.15, 0.2) is 18.2 Å². The van der Waals surface area contributed by atoms with Gasteiger partial charge in [-0.25, -0.2) is 0 Å². The molecule has 20 heavy (non-hydrogen) atoms. The molecule has 4 nitrogen and oxygen atoms in total. The second-order valence-corrected chi connectivity index (χ2v) is 5.17. The predicted octanol–water partition coefficient (Wildman–Crippen LogP) is 2.55. The van der Waals surface area contributed by atoms with Crippen LogP contribution in [0.2, 0.25) is 5.02 Å². The van der Waals surface area contributed by atoms with E-state index in [9.17, 15) is 0 Å². The van der Waals surface area contributed by atoms with E-state index < -0.39 is 0 Å². The van der Waals surface area contributed by atoms with Crippen LogP contribution in [0.1, 0.15) is 12.5 Å². The Morgan fingerprint density at radius 1 is 1.30 bits per heavy atom. The number of methoxy groups -OCH3 is 2. The number of ether oxygens (including phenoxy) is 2. The van der Waals surface area contributed by atoms with E-state index in [0.717, 1.165) is 29.4 Å². The minimum atomic E-state index is 0.254. The standard InChI is InChI=1S/C15H25ClN2O2/c1-12(11-20-4)18(8-9-19-3)15-7-5-6-14(16)13(15)10-17-2/h5-7,12,17H,8-11H2,1-4H3. The molecule has 0 bridgehead atoms. The number of benzene rings is 1. The van der Waals surface area contributed by atoms with E-state index in [1.165, 1.54) is 0 Å². The molecule has 1 rings (SSSR count). The highest BCUT2D eigenvalue weighted by Gasteiger charge is 2.18. The Morgan fingerprint density at radius 3 is 2.65 bits per heavy atom. The fourth-order valence-corrected chi connectivity index (χ4v) is 2.50. The Hall–Kier alpha value is -0.810. The van der Waals surface area contributed by atoms with Crippen LogP contribution in [-0.2, 0) is 16.0 Å². The molecule has 1 N–H and O–H groups in total. The number of anilines is 1. The van der Waals surface area contributed by atoms with Crippen molar-refractivity contribution in [1.29, 1.82) is 0 Å². The van der Waals surface area contributed by atoms with Crippen molar-refractivity contribution >= 4 is 17.3 Å². The molecule has 0 radical (unpaired) electrons. The SMILES string of the molecule is CNCc1c(Cl)cccc1N(CCOC)C(C)COC. The largest absolute Gasteiger partial charge is 0.383 e. The number of rotatable bonds is 9. The summed E-state index contributed by atoms with van der Waals surface area (Å²) in [5.41, 5.74) is 2.24. The first-order chi connectivity index (χ1) is 9.65. The lowest BCUT2D eigenvalue weighted by Gasteiger charge is -2.33. The van der Waals surface area contributed by atoms with Gasteiger partial charge in [-0.1, -0.05) is 17.7 Å². The van der Waals surface area contributed by atoms with Gasteiger partial charge in [-0.2, -0.15) is 0 Å². The van der Waals surface area contributed by atoms with E-state index in [-0.39, 0.29) is 6.04 Å². The highest BCUT2D eigenvalue weighted by atomic mass is 35.5. The second-order valence-electron chi connectivity index (χ2n) is 4.76. The summed E-state index contributed by atoms with van der Waals surface area (Å²) in [5.74, 6) is 0. The molecule has 0 spiro atoms. The molecule has 1 aromatic rings. The van der Waals surface area contributed by atoms with E-state index in [0.29, 0.717) is 13.2 Å². The lowest BCUT2D eigenvalue weighted by Crippen LogP contribution is -2.39. The van der Waals surface area contributed by atoms with Gasteiger partial charge in [0.2, 0.25) is 0 Å². The van der Waals surface area contributed by atoms with E-state index in [1.54, 1.807) is 14.2 Å². The highest BCUT2D eigenvalue weighted by molar-refractivity contribution is 6.31. The minimum absolute atomic E-state index is 0.254. The molecular formula is C15H25ClN2O2. The molecule has 0 heterocycles. The molecular weight excluding hydrogens is 276 g/mol. The number of halogens is 1. The van der Waals surface area contributed by atoms with Gasteiger partial charge in [0, 0.05) is 49.6 Å². The highest BCUT2D eigenvalue weighted by Crippen LogP contribution is 2.28. The first-order valence-corrected chi connectivity index (χ1v) is 7.20. The van der Waals surface area contributed by atoms with Crippen molar-refractivity contribution in [3.63, 3.8) is 0 Å². The van der Waals surface area contributed by atoms with Gasteiger partial charge < -0.3 is 19.7 Å². The molecule has 0 aliphatic heterocycles. The third-order valence-electron chi connectivity index (χ3n) is 3.23. The fourth-order valence-electron chi connectivity index (χ4n) is 2.27. The first-order valence-electron chi connectivity index (χ1n) is 6.82. The maximum atomic E-state index is 6.34. The summed E-state index contributed by atoms with van der Waals surface area (Å²) in [5, 5.41) is 3.95. The van der Waals surface area contributed by atoms with Crippen LogP contribution in [0.25, 0.3) is 0 Å². The Morgan fingerprint density at radius 2 is 2.05 bits per heavy atom. The van der Waals surface area contributed by atoms with Crippen molar-refractivity contribution in [2.45, 2.75) is 19.5 Å². The van der Waals surface area contributed by atoms with Gasteiger partial charge in [-0.3, -0.25) is 0 Å². The fraction of sp³-hybridized carbons (Fsp3) is 0.600. The average molecular weight is 301 g/mol. The third kappa shape index (κ3) is 4.63. The molecule has 5 heteroatoms. The lowest BCUT2D eigenvalue weighted by molar-refractivity contribution is 0.171. The predicted molar refractivity (Wildman–Crippen MR) is 84.8 cm³/mol. The van der Waals surface area contributed by atoms with Crippen molar-refractivity contribution in [3.05, 3.63) is 28.8 Å². The van der Waals surface area contributed by atoms with Crippen LogP contribution < -0.4 is 10.2 Å². The van der Waals surface area contributed by atoms with Gasteiger partial charge in [-0.15, -0.1) is 0 Å². The van der Waals surface area contributed by atoms with E-state index in [4.69, 9.17) is 21.1 Å². The molecule has 1 aromatic carbocycles. The zero-order valence-corrected chi connectivity index (χ0v) is 13.5. The summed E-state index contributed by atoms with van der Waals surface area (Å²) in [4.78, 5) is 2.28. The van der Waals surface area contributed by atoms with Gasteiger partial charge in [0.25, 0.3) is 0 Å². The van der Waals surface area contributed by atoms with Gasteiger partial charge in [0.15, 0.2) is 0 Å². The Labute approximate surface area is 127 Å². The maximum absolute atomic E-state index is 6.34. The van der Waals surface area contributed by atoms with Crippen LogP contribution in [0.3, 0.4) is 0 Å². The zero-order valence-electron chi connectivity index (χ0n) is 12.8. The van der Waals surface area contributed by atoms with Crippen molar-refractivity contribution < 1.29 is 9.47 Å². The summed E-state index contributed by atoms with van der Waals surface area (Å²) in [7, 11) is 5.36. The van der Waals surface area contributed by atoms with Crippen LogP contribution in [0.4, 0.5) is 5.69 Å². The van der Waals surface area contributed by atoms with Crippen LogP contribution in [-0.4, -0.2) is 47.1 Å². The van der Waals surface area contributed by atoms with Crippen LogP contribution >= 0.6 is 11.6 Å². The maximum Gasteiger partial charge on any atom is 0.0663 e. The van der Waals surface area contributed by atoms with Crippen LogP contribution in [0.5, 0.6) is 0 Å². The van der Waals surface area contributed by atoms with Crippen molar-refractivity contribution in [1.82, 2.24) is 5.32 Å². The van der Waals surface area contributed by atoms with Gasteiger partial charge >= 0.3 is 0 Å². The summed E-state index contributed by atoms with van der Waals surface area (Å²) in [6.45, 7) is 5.01. The second kappa shape index (κ2) is 9.19. The molecule has 0 aliphatic rings. The van der Waals surface area contributed by atoms with E-state index in [1.807, 2.05) is 19.2 Å². The topological polar surface area (TPSA) is 33.7 Å². The third-order valence-corrected chi connectivity index (χ3v) is 3.59. The lowest BCUT2D eigenvalue weighted by atomic mass is 10.1. The van der Waals surface area contributed by atoms with Crippen molar-refractivity contribution in [2.24, 2.45) is 0 Å². The van der Waals surface area contributed by atoms with Crippen molar-refractivity contribution in [2.75, 3.05) is 45.9 Å². The van der Waals surface area contributed by atoms with Gasteiger partial charge in [0.05, 0.1) is 13.2 Å². The number of nitrogens with zero attached hydrogens (tertiary/aromatic N) is 1. The number of hydrogen-bond donors (Lipinski definition) is 1. The number of hydrogen-bond acceptors (Lipinski definition) is 4. The first kappa shape index (κ1) is 17.2. The van der Waals surface area contributed by atoms with E-state index in [2.05, 4.69) is 23.2 Å². The smallest absolute Gasteiger partial charge is 0.0663 e. The monoisotopic (exact) mass is 300 g/mol. The average Bonchev–Trinajstić information content (AvgIpc) is 2.43. The number of nitrogens with one attached hydrogen (secondary N) is 1. The van der Waals surface area contributed by atoms with Crippen LogP contribution in [0, 0.1) is 0 Å². The molecule has 114 valence electrons. The van der Waals surface area contributed by atoms with Gasteiger partial charge in [-0.05, 0) is 26.1 Å². The quantitative estimate of drug-likeness (QED) is 0.760. The minimum Gasteiger partial charge on any atom is -0.383 e. The molecule has 0 saturated carbocycles. The summed E-state index contributed by atoms with van der Waals surface area (Å²) >= 11 is 6.34. The summed E-state index contributed by atoms with van der Waals surface area (Å²) in [6.07, 6.45) is 0. The Kier molecular flexibility index (Phi) is 7.92. The normalized spacial score (nSPS) is 12.4. The van der Waals surface area contributed by atoms with Crippen molar-refractivity contribution in [3.8, 4) is 0 Å². The Bertz CT molecular complexity index is 401. The van der Waals surface area contributed by atoms with E-state index >= 15 is 0 Å². The summed E-state index contributed by atoms with van der Waals surface area (Å²) in [6, 6.07) is 6.26. The Balaban J connectivity index is 3.08. The molecule has 1 unspecified atom stereocenters.